The van der Waals surface area contributed by atoms with Gasteiger partial charge in [0, 0.05) is 26.2 Å². The lowest BCUT2D eigenvalue weighted by molar-refractivity contribution is -0.121. The summed E-state index contributed by atoms with van der Waals surface area (Å²) >= 11 is 0. The first-order valence-electron chi connectivity index (χ1n) is 5.85. The lowest BCUT2D eigenvalue weighted by Gasteiger charge is -2.05. The molecule has 0 saturated heterocycles. The van der Waals surface area contributed by atoms with E-state index < -0.39 is 0 Å². The number of nitrogens with one attached hydrogen (secondary N) is 1. The molecular formula is C11H24N2O2. The van der Waals surface area contributed by atoms with Gasteiger partial charge in [0.1, 0.15) is 0 Å². The van der Waals surface area contributed by atoms with Crippen molar-refractivity contribution in [2.24, 2.45) is 5.73 Å². The number of rotatable bonds is 10. The van der Waals surface area contributed by atoms with Crippen LogP contribution >= 0.6 is 0 Å². The predicted molar refractivity (Wildman–Crippen MR) is 61.6 cm³/mol. The Hall–Kier alpha value is -0.610. The first kappa shape index (κ1) is 14.4. The van der Waals surface area contributed by atoms with Gasteiger partial charge < -0.3 is 15.8 Å². The maximum Gasteiger partial charge on any atom is 0.220 e. The zero-order valence-corrected chi connectivity index (χ0v) is 9.76. The molecule has 0 bridgehead atoms. The van der Waals surface area contributed by atoms with Crippen LogP contribution in [0.3, 0.4) is 0 Å². The van der Waals surface area contributed by atoms with E-state index in [1.807, 2.05) is 0 Å². The fraction of sp³-hybridized carbons (Fsp3) is 0.909. The van der Waals surface area contributed by atoms with E-state index in [9.17, 15) is 4.79 Å². The van der Waals surface area contributed by atoms with Crippen LogP contribution in [0.1, 0.15) is 39.0 Å². The molecule has 0 aliphatic heterocycles. The molecule has 0 aromatic rings. The molecule has 1 amide bonds. The molecule has 3 N–H and O–H groups in total. The van der Waals surface area contributed by atoms with Crippen LogP contribution in [0.15, 0.2) is 0 Å². The van der Waals surface area contributed by atoms with Crippen LogP contribution in [0, 0.1) is 0 Å². The predicted octanol–water partition coefficient (Wildman–Crippen LogP) is 1.05. The molecule has 0 fully saturated rings. The van der Waals surface area contributed by atoms with E-state index in [0.29, 0.717) is 19.5 Å². The number of nitrogens with two attached hydrogens (primary N) is 1. The van der Waals surface area contributed by atoms with Gasteiger partial charge in [-0.15, -0.1) is 0 Å². The number of carbonyl (C=O) groups is 1. The summed E-state index contributed by atoms with van der Waals surface area (Å²) in [6.45, 7) is 4.99. The van der Waals surface area contributed by atoms with Crippen molar-refractivity contribution in [2.75, 3.05) is 26.3 Å². The second-order valence-electron chi connectivity index (χ2n) is 3.56. The third-order valence-electron chi connectivity index (χ3n) is 2.04. The van der Waals surface area contributed by atoms with Gasteiger partial charge in [0.05, 0.1) is 0 Å². The first-order valence-corrected chi connectivity index (χ1v) is 5.85. The van der Waals surface area contributed by atoms with Crippen LogP contribution in [-0.2, 0) is 9.53 Å². The zero-order valence-electron chi connectivity index (χ0n) is 9.76. The van der Waals surface area contributed by atoms with Crippen LogP contribution in [0.4, 0.5) is 0 Å². The van der Waals surface area contributed by atoms with E-state index in [-0.39, 0.29) is 5.91 Å². The van der Waals surface area contributed by atoms with Crippen molar-refractivity contribution < 1.29 is 9.53 Å². The molecule has 0 aliphatic carbocycles. The van der Waals surface area contributed by atoms with Gasteiger partial charge in [0.15, 0.2) is 0 Å². The van der Waals surface area contributed by atoms with Gasteiger partial charge >= 0.3 is 0 Å². The average Bonchev–Trinajstić information content (AvgIpc) is 2.25. The molecule has 0 atom stereocenters. The summed E-state index contributed by atoms with van der Waals surface area (Å²) in [5, 5.41) is 2.83. The van der Waals surface area contributed by atoms with Crippen LogP contribution in [-0.4, -0.2) is 32.2 Å². The molecule has 0 rings (SSSR count). The van der Waals surface area contributed by atoms with Crippen LogP contribution in [0.2, 0.25) is 0 Å². The largest absolute Gasteiger partial charge is 0.381 e. The third kappa shape index (κ3) is 11.3. The molecule has 0 unspecified atom stereocenters. The Bertz CT molecular complexity index is 152. The van der Waals surface area contributed by atoms with Crippen molar-refractivity contribution in [3.8, 4) is 0 Å². The Morgan fingerprint density at radius 3 is 2.67 bits per heavy atom. The third-order valence-corrected chi connectivity index (χ3v) is 2.04. The molecule has 0 aliphatic rings. The van der Waals surface area contributed by atoms with Crippen molar-refractivity contribution in [3.63, 3.8) is 0 Å². The summed E-state index contributed by atoms with van der Waals surface area (Å²) in [4.78, 5) is 11.1. The number of amides is 1. The summed E-state index contributed by atoms with van der Waals surface area (Å²) in [6, 6.07) is 0. The smallest absolute Gasteiger partial charge is 0.220 e. The van der Waals surface area contributed by atoms with Crippen molar-refractivity contribution in [2.45, 2.75) is 39.0 Å². The molecule has 4 heteroatoms. The minimum atomic E-state index is 0.0917. The van der Waals surface area contributed by atoms with Crippen LogP contribution in [0.5, 0.6) is 0 Å². The zero-order chi connectivity index (χ0) is 11.4. The Morgan fingerprint density at radius 1 is 1.27 bits per heavy atom. The maximum absolute atomic E-state index is 11.1. The minimum absolute atomic E-state index is 0.0917. The maximum atomic E-state index is 11.1. The van der Waals surface area contributed by atoms with Gasteiger partial charge in [0.25, 0.3) is 0 Å². The molecule has 15 heavy (non-hydrogen) atoms. The first-order chi connectivity index (χ1) is 7.31. The Balaban J connectivity index is 3.06. The average molecular weight is 216 g/mol. The molecule has 0 aromatic heterocycles. The summed E-state index contributed by atoms with van der Waals surface area (Å²) in [5.74, 6) is 0.0917. The lowest BCUT2D eigenvalue weighted by atomic mass is 10.3. The van der Waals surface area contributed by atoms with E-state index in [0.717, 1.165) is 38.9 Å². The van der Waals surface area contributed by atoms with E-state index in [4.69, 9.17) is 10.5 Å². The molecule has 4 nitrogen and oxygen atoms in total. The van der Waals surface area contributed by atoms with E-state index in [1.54, 1.807) is 0 Å². The van der Waals surface area contributed by atoms with Gasteiger partial charge in [-0.3, -0.25) is 4.79 Å². The minimum Gasteiger partial charge on any atom is -0.381 e. The normalized spacial score (nSPS) is 10.3. The molecule has 0 radical (unpaired) electrons. The van der Waals surface area contributed by atoms with E-state index in [1.165, 1.54) is 0 Å². The van der Waals surface area contributed by atoms with Crippen molar-refractivity contribution >= 4 is 5.91 Å². The number of unbranched alkanes of at least 4 members (excludes halogenated alkanes) is 1. The van der Waals surface area contributed by atoms with Crippen molar-refractivity contribution in [1.29, 1.82) is 0 Å². The lowest BCUT2D eigenvalue weighted by Crippen LogP contribution is -2.25. The van der Waals surface area contributed by atoms with Gasteiger partial charge in [-0.1, -0.05) is 13.3 Å². The van der Waals surface area contributed by atoms with Crippen LogP contribution in [0.25, 0.3) is 0 Å². The standard InChI is InChI=1S/C11H24N2O2/c1-2-3-9-15-10-5-8-13-11(14)6-4-7-12/h2-10,12H2,1H3,(H,13,14). The molecular weight excluding hydrogens is 192 g/mol. The SMILES string of the molecule is CCCCOCCCNC(=O)CCCN. The second kappa shape index (κ2) is 11.5. The fourth-order valence-corrected chi connectivity index (χ4v) is 1.10. The number of hydrogen-bond donors (Lipinski definition) is 2. The summed E-state index contributed by atoms with van der Waals surface area (Å²) in [6.07, 6.45) is 4.46. The number of ether oxygens (including phenoxy) is 1. The summed E-state index contributed by atoms with van der Waals surface area (Å²) in [7, 11) is 0. The highest BCUT2D eigenvalue weighted by molar-refractivity contribution is 5.75. The molecule has 0 spiro atoms. The molecule has 0 heterocycles. The molecule has 0 aromatic carbocycles. The Labute approximate surface area is 92.6 Å². The van der Waals surface area contributed by atoms with E-state index in [2.05, 4.69) is 12.2 Å². The quantitative estimate of drug-likeness (QED) is 0.536. The Morgan fingerprint density at radius 2 is 2.00 bits per heavy atom. The van der Waals surface area contributed by atoms with Gasteiger partial charge in [-0.05, 0) is 25.8 Å². The fourth-order valence-electron chi connectivity index (χ4n) is 1.10. The second-order valence-corrected chi connectivity index (χ2v) is 3.56. The Kier molecular flexibility index (Phi) is 11.0. The van der Waals surface area contributed by atoms with Gasteiger partial charge in [-0.2, -0.15) is 0 Å². The highest BCUT2D eigenvalue weighted by atomic mass is 16.5. The molecule has 90 valence electrons. The summed E-state index contributed by atoms with van der Waals surface area (Å²) < 4.78 is 5.37. The highest BCUT2D eigenvalue weighted by Crippen LogP contribution is 1.90. The number of hydrogen-bond acceptors (Lipinski definition) is 3. The highest BCUT2D eigenvalue weighted by Gasteiger charge is 1.98. The van der Waals surface area contributed by atoms with Crippen molar-refractivity contribution in [1.82, 2.24) is 5.32 Å². The van der Waals surface area contributed by atoms with Crippen LogP contribution < -0.4 is 11.1 Å². The van der Waals surface area contributed by atoms with Gasteiger partial charge in [0.2, 0.25) is 5.91 Å². The monoisotopic (exact) mass is 216 g/mol. The molecule has 0 saturated carbocycles. The van der Waals surface area contributed by atoms with E-state index >= 15 is 0 Å². The number of carbonyl (C=O) groups excluding carboxylic acids is 1. The van der Waals surface area contributed by atoms with Gasteiger partial charge in [-0.25, -0.2) is 0 Å². The topological polar surface area (TPSA) is 64.3 Å². The summed E-state index contributed by atoms with van der Waals surface area (Å²) in [5.41, 5.74) is 5.30. The van der Waals surface area contributed by atoms with Crippen molar-refractivity contribution in [3.05, 3.63) is 0 Å².